The minimum absolute atomic E-state index is 0.0381. The molecule has 2 amide bonds. The third kappa shape index (κ3) is 2.88. The zero-order valence-electron chi connectivity index (χ0n) is 8.47. The van der Waals surface area contributed by atoms with E-state index in [2.05, 4.69) is 10.6 Å². The molecule has 0 aromatic heterocycles. The lowest BCUT2D eigenvalue weighted by atomic mass is 10.1. The van der Waals surface area contributed by atoms with Crippen molar-refractivity contribution >= 4 is 6.03 Å². The zero-order chi connectivity index (χ0) is 9.68. The third-order valence-electron chi connectivity index (χ3n) is 2.47. The molecule has 1 aliphatic heterocycles. The number of hydrogen-bond acceptors (Lipinski definition) is 2. The number of carbonyl (C=O) groups excluding carboxylic acids is 1. The monoisotopic (exact) mass is 185 g/mol. The van der Waals surface area contributed by atoms with E-state index in [1.165, 1.54) is 0 Å². The van der Waals surface area contributed by atoms with E-state index in [9.17, 15) is 4.79 Å². The van der Waals surface area contributed by atoms with Crippen LogP contribution < -0.4 is 10.6 Å². The van der Waals surface area contributed by atoms with Crippen LogP contribution in [0.4, 0.5) is 4.79 Å². The van der Waals surface area contributed by atoms with Gasteiger partial charge in [-0.15, -0.1) is 0 Å². The maximum Gasteiger partial charge on any atom is 0.317 e. The van der Waals surface area contributed by atoms with Gasteiger partial charge in [0.15, 0.2) is 0 Å². The van der Waals surface area contributed by atoms with Crippen molar-refractivity contribution in [1.82, 2.24) is 15.5 Å². The molecule has 1 unspecified atom stereocenters. The molecule has 1 aliphatic rings. The molecule has 0 aromatic rings. The number of nitrogens with one attached hydrogen (secondary N) is 2. The standard InChI is InChI=1S/C9H19N3O/c1-3-11-9(13)12(2)8-5-4-6-10-7-8/h8,10H,3-7H2,1-2H3,(H,11,13). The average Bonchev–Trinajstić information content (AvgIpc) is 2.18. The summed E-state index contributed by atoms with van der Waals surface area (Å²) in [6.45, 7) is 4.64. The number of amides is 2. The summed E-state index contributed by atoms with van der Waals surface area (Å²) in [5, 5.41) is 6.09. The van der Waals surface area contributed by atoms with Crippen LogP contribution in [0.2, 0.25) is 0 Å². The number of piperidine rings is 1. The molecule has 1 heterocycles. The van der Waals surface area contributed by atoms with E-state index in [1.54, 1.807) is 4.90 Å². The van der Waals surface area contributed by atoms with Gasteiger partial charge in [-0.25, -0.2) is 4.79 Å². The van der Waals surface area contributed by atoms with Gasteiger partial charge < -0.3 is 15.5 Å². The molecule has 4 heteroatoms. The average molecular weight is 185 g/mol. The molecule has 0 saturated carbocycles. The Bertz CT molecular complexity index is 166. The van der Waals surface area contributed by atoms with Crippen LogP contribution in [0.15, 0.2) is 0 Å². The number of rotatable bonds is 2. The van der Waals surface area contributed by atoms with Crippen LogP contribution in [0, 0.1) is 0 Å². The van der Waals surface area contributed by atoms with Crippen molar-refractivity contribution < 1.29 is 4.79 Å². The Morgan fingerprint density at radius 1 is 1.69 bits per heavy atom. The highest BCUT2D eigenvalue weighted by molar-refractivity contribution is 5.74. The van der Waals surface area contributed by atoms with Crippen molar-refractivity contribution in [2.45, 2.75) is 25.8 Å². The van der Waals surface area contributed by atoms with Crippen molar-refractivity contribution in [3.05, 3.63) is 0 Å². The van der Waals surface area contributed by atoms with Crippen LogP contribution in [0.1, 0.15) is 19.8 Å². The van der Waals surface area contributed by atoms with Gasteiger partial charge in [0.1, 0.15) is 0 Å². The maximum atomic E-state index is 11.4. The summed E-state index contributed by atoms with van der Waals surface area (Å²) in [7, 11) is 1.86. The lowest BCUT2D eigenvalue weighted by molar-refractivity contribution is 0.179. The molecule has 1 fully saturated rings. The van der Waals surface area contributed by atoms with Crippen LogP contribution in [0.25, 0.3) is 0 Å². The van der Waals surface area contributed by atoms with E-state index in [-0.39, 0.29) is 6.03 Å². The minimum Gasteiger partial charge on any atom is -0.338 e. The van der Waals surface area contributed by atoms with Gasteiger partial charge >= 0.3 is 6.03 Å². The first-order valence-corrected chi connectivity index (χ1v) is 4.97. The predicted molar refractivity (Wildman–Crippen MR) is 52.7 cm³/mol. The minimum atomic E-state index is 0.0381. The van der Waals surface area contributed by atoms with E-state index in [0.29, 0.717) is 12.6 Å². The summed E-state index contributed by atoms with van der Waals surface area (Å²) in [4.78, 5) is 13.2. The molecule has 13 heavy (non-hydrogen) atoms. The summed E-state index contributed by atoms with van der Waals surface area (Å²) in [6.07, 6.45) is 2.27. The highest BCUT2D eigenvalue weighted by Gasteiger charge is 2.20. The summed E-state index contributed by atoms with van der Waals surface area (Å²) in [5.74, 6) is 0. The van der Waals surface area contributed by atoms with Crippen LogP contribution >= 0.6 is 0 Å². The van der Waals surface area contributed by atoms with E-state index < -0.39 is 0 Å². The predicted octanol–water partition coefficient (Wildman–Crippen LogP) is 0.400. The van der Waals surface area contributed by atoms with E-state index in [4.69, 9.17) is 0 Å². The van der Waals surface area contributed by atoms with Gasteiger partial charge in [-0.05, 0) is 26.3 Å². The van der Waals surface area contributed by atoms with Crippen LogP contribution in [-0.4, -0.2) is 43.7 Å². The number of nitrogens with zero attached hydrogens (tertiary/aromatic N) is 1. The molecule has 0 spiro atoms. The molecule has 2 N–H and O–H groups in total. The topological polar surface area (TPSA) is 44.4 Å². The number of likely N-dealkylation sites (N-methyl/N-ethyl adjacent to an activating group) is 1. The summed E-state index contributed by atoms with van der Waals surface area (Å²) < 4.78 is 0. The van der Waals surface area contributed by atoms with Crippen LogP contribution in [0.5, 0.6) is 0 Å². The third-order valence-corrected chi connectivity index (χ3v) is 2.47. The lowest BCUT2D eigenvalue weighted by Gasteiger charge is -2.31. The van der Waals surface area contributed by atoms with Crippen molar-refractivity contribution in [3.8, 4) is 0 Å². The smallest absolute Gasteiger partial charge is 0.317 e. The number of urea groups is 1. The molecule has 0 aromatic carbocycles. The normalized spacial score (nSPS) is 22.5. The zero-order valence-corrected chi connectivity index (χ0v) is 8.47. The van der Waals surface area contributed by atoms with Crippen molar-refractivity contribution in [3.63, 3.8) is 0 Å². The molecule has 1 saturated heterocycles. The SMILES string of the molecule is CCNC(=O)N(C)C1CCCNC1. The van der Waals surface area contributed by atoms with Gasteiger partial charge in [-0.3, -0.25) is 0 Å². The molecular formula is C9H19N3O. The van der Waals surface area contributed by atoms with Gasteiger partial charge in [0.25, 0.3) is 0 Å². The Morgan fingerprint density at radius 3 is 3.00 bits per heavy atom. The molecule has 4 nitrogen and oxygen atoms in total. The molecule has 76 valence electrons. The fraction of sp³-hybridized carbons (Fsp3) is 0.889. The Balaban J connectivity index is 2.35. The first-order valence-electron chi connectivity index (χ1n) is 4.97. The van der Waals surface area contributed by atoms with Crippen molar-refractivity contribution in [1.29, 1.82) is 0 Å². The summed E-state index contributed by atoms with van der Waals surface area (Å²) >= 11 is 0. The second-order valence-corrected chi connectivity index (χ2v) is 3.45. The lowest BCUT2D eigenvalue weighted by Crippen LogP contribution is -2.50. The highest BCUT2D eigenvalue weighted by atomic mass is 16.2. The summed E-state index contributed by atoms with van der Waals surface area (Å²) in [6, 6.07) is 0.400. The van der Waals surface area contributed by atoms with Crippen LogP contribution in [-0.2, 0) is 0 Å². The van der Waals surface area contributed by atoms with E-state index in [1.807, 2.05) is 14.0 Å². The van der Waals surface area contributed by atoms with Gasteiger partial charge in [-0.1, -0.05) is 0 Å². The number of hydrogen-bond donors (Lipinski definition) is 2. The fourth-order valence-corrected chi connectivity index (χ4v) is 1.61. The van der Waals surface area contributed by atoms with Gasteiger partial charge in [-0.2, -0.15) is 0 Å². The Morgan fingerprint density at radius 2 is 2.46 bits per heavy atom. The Labute approximate surface area is 79.7 Å². The van der Waals surface area contributed by atoms with Gasteiger partial charge in [0.05, 0.1) is 0 Å². The van der Waals surface area contributed by atoms with Crippen LogP contribution in [0.3, 0.4) is 0 Å². The Kier molecular flexibility index (Phi) is 4.02. The quantitative estimate of drug-likeness (QED) is 0.654. The molecule has 0 bridgehead atoms. The second kappa shape index (κ2) is 5.07. The number of carbonyl (C=O) groups is 1. The van der Waals surface area contributed by atoms with Crippen molar-refractivity contribution in [2.75, 3.05) is 26.7 Å². The molecule has 0 aliphatic carbocycles. The fourth-order valence-electron chi connectivity index (χ4n) is 1.61. The molecule has 1 atom stereocenters. The second-order valence-electron chi connectivity index (χ2n) is 3.45. The molecule has 0 radical (unpaired) electrons. The van der Waals surface area contributed by atoms with Crippen molar-refractivity contribution in [2.24, 2.45) is 0 Å². The van der Waals surface area contributed by atoms with Gasteiger partial charge in [0, 0.05) is 26.2 Å². The largest absolute Gasteiger partial charge is 0.338 e. The first kappa shape index (κ1) is 10.3. The van der Waals surface area contributed by atoms with E-state index >= 15 is 0 Å². The first-order chi connectivity index (χ1) is 6.25. The molecular weight excluding hydrogens is 166 g/mol. The summed E-state index contributed by atoms with van der Waals surface area (Å²) in [5.41, 5.74) is 0. The maximum absolute atomic E-state index is 11.4. The van der Waals surface area contributed by atoms with E-state index in [0.717, 1.165) is 25.9 Å². The van der Waals surface area contributed by atoms with Gasteiger partial charge in [0.2, 0.25) is 0 Å². The molecule has 1 rings (SSSR count). The highest BCUT2D eigenvalue weighted by Crippen LogP contribution is 2.07. The Hall–Kier alpha value is -0.770.